The molecular weight excluding hydrogens is 451 g/mol. The Balaban J connectivity index is 1.37. The molecule has 0 aliphatic heterocycles. The molecule has 0 spiro atoms. The Morgan fingerprint density at radius 1 is 1.14 bits per heavy atom. The highest BCUT2D eigenvalue weighted by Gasteiger charge is 2.18. The first-order valence-electron chi connectivity index (χ1n) is 11.1. The maximum Gasteiger partial charge on any atom is 0.252 e. The molecule has 5 rings (SSSR count). The van der Waals surface area contributed by atoms with Crippen molar-refractivity contribution in [2.24, 2.45) is 0 Å². The number of amides is 1. The van der Waals surface area contributed by atoms with Gasteiger partial charge in [0.25, 0.3) is 5.88 Å². The van der Waals surface area contributed by atoms with Crippen molar-refractivity contribution in [3.05, 3.63) is 79.4 Å². The number of nitrogens with one attached hydrogen (secondary N) is 1. The molecule has 5 aromatic rings. The van der Waals surface area contributed by atoms with E-state index in [1.807, 2.05) is 23.0 Å². The Bertz CT molecular complexity index is 1430. The van der Waals surface area contributed by atoms with E-state index in [1.54, 1.807) is 58.4 Å². The van der Waals surface area contributed by atoms with Crippen molar-refractivity contribution in [1.82, 2.24) is 34.2 Å². The monoisotopic (exact) mass is 474 g/mol. The lowest BCUT2D eigenvalue weighted by Crippen LogP contribution is -2.18. The van der Waals surface area contributed by atoms with Gasteiger partial charge in [-0.15, -0.1) is 0 Å². The first kappa shape index (κ1) is 22.3. The SMILES string of the molecule is CC(=O)Nc1cc2c(-c3cnc(OC(CCCn4cccn4)n4cccn4)c(F)c3)cccn2n1. The zero-order valence-electron chi connectivity index (χ0n) is 19.0. The lowest BCUT2D eigenvalue weighted by Gasteiger charge is -2.19. The van der Waals surface area contributed by atoms with E-state index in [4.69, 9.17) is 4.74 Å². The van der Waals surface area contributed by atoms with E-state index in [-0.39, 0.29) is 11.8 Å². The van der Waals surface area contributed by atoms with Gasteiger partial charge in [-0.1, -0.05) is 6.07 Å². The van der Waals surface area contributed by atoms with Crippen molar-refractivity contribution < 1.29 is 13.9 Å². The minimum absolute atomic E-state index is 0.104. The van der Waals surface area contributed by atoms with Gasteiger partial charge in [0.1, 0.15) is 0 Å². The van der Waals surface area contributed by atoms with Crippen LogP contribution in [0, 0.1) is 5.82 Å². The average molecular weight is 475 g/mol. The van der Waals surface area contributed by atoms with Crippen LogP contribution in [0.5, 0.6) is 5.88 Å². The van der Waals surface area contributed by atoms with Crippen LogP contribution in [0.25, 0.3) is 16.6 Å². The zero-order valence-corrected chi connectivity index (χ0v) is 19.0. The highest BCUT2D eigenvalue weighted by atomic mass is 19.1. The summed E-state index contributed by atoms with van der Waals surface area (Å²) in [5.74, 6) is -0.501. The number of hydrogen-bond donors (Lipinski definition) is 1. The fraction of sp³-hybridized carbons (Fsp3) is 0.208. The number of rotatable bonds is 9. The molecule has 0 saturated heterocycles. The second kappa shape index (κ2) is 9.75. The van der Waals surface area contributed by atoms with Gasteiger partial charge in [-0.25, -0.2) is 18.6 Å². The summed E-state index contributed by atoms with van der Waals surface area (Å²) in [7, 11) is 0. The number of aryl methyl sites for hydroxylation is 1. The van der Waals surface area contributed by atoms with Crippen LogP contribution >= 0.6 is 0 Å². The van der Waals surface area contributed by atoms with E-state index < -0.39 is 12.0 Å². The number of hydrogen-bond acceptors (Lipinski definition) is 6. The minimum Gasteiger partial charge on any atom is -0.450 e. The van der Waals surface area contributed by atoms with E-state index in [9.17, 15) is 4.79 Å². The van der Waals surface area contributed by atoms with Crippen LogP contribution in [0.4, 0.5) is 10.2 Å². The second-order valence-corrected chi connectivity index (χ2v) is 7.94. The molecule has 0 radical (unpaired) electrons. The summed E-state index contributed by atoms with van der Waals surface area (Å²) >= 11 is 0. The number of nitrogens with zero attached hydrogens (tertiary/aromatic N) is 7. The predicted molar refractivity (Wildman–Crippen MR) is 126 cm³/mol. The fourth-order valence-corrected chi connectivity index (χ4v) is 3.85. The highest BCUT2D eigenvalue weighted by Crippen LogP contribution is 2.30. The molecule has 1 unspecified atom stereocenters. The van der Waals surface area contributed by atoms with Crippen LogP contribution in [0.2, 0.25) is 0 Å². The van der Waals surface area contributed by atoms with Gasteiger partial charge in [0.2, 0.25) is 5.91 Å². The number of ether oxygens (including phenoxy) is 1. The van der Waals surface area contributed by atoms with Gasteiger partial charge in [-0.2, -0.15) is 15.3 Å². The molecule has 0 aliphatic rings. The molecule has 178 valence electrons. The van der Waals surface area contributed by atoms with Gasteiger partial charge in [-0.3, -0.25) is 9.48 Å². The third-order valence-electron chi connectivity index (χ3n) is 5.39. The summed E-state index contributed by atoms with van der Waals surface area (Å²) in [6, 6.07) is 10.4. The molecule has 1 amide bonds. The van der Waals surface area contributed by atoms with E-state index >= 15 is 4.39 Å². The number of aromatic nitrogens is 7. The van der Waals surface area contributed by atoms with Gasteiger partial charge >= 0.3 is 0 Å². The summed E-state index contributed by atoms with van der Waals surface area (Å²) in [6.07, 6.45) is 11.2. The molecule has 0 saturated carbocycles. The van der Waals surface area contributed by atoms with E-state index in [2.05, 4.69) is 25.6 Å². The Hall–Kier alpha value is -4.54. The standard InChI is InChI=1S/C24H23FN8O2/c1-17(34)29-22-15-21-19(6-2-12-32(21)30-22)18-14-20(25)24(26-16-18)35-23(33-13-5-9-28-33)7-3-10-31-11-4-8-27-31/h2,4-6,8-9,11-16,23H,3,7,10H2,1H3,(H,29,30,34). The van der Waals surface area contributed by atoms with Crippen molar-refractivity contribution in [2.75, 3.05) is 5.32 Å². The number of halogens is 1. The Morgan fingerprint density at radius 3 is 2.74 bits per heavy atom. The third-order valence-corrected chi connectivity index (χ3v) is 5.39. The minimum atomic E-state index is -0.588. The smallest absolute Gasteiger partial charge is 0.252 e. The Labute approximate surface area is 200 Å². The maximum atomic E-state index is 15.1. The van der Waals surface area contributed by atoms with Crippen molar-refractivity contribution in [3.63, 3.8) is 0 Å². The van der Waals surface area contributed by atoms with Crippen LogP contribution in [-0.4, -0.2) is 40.1 Å². The Morgan fingerprint density at radius 2 is 2.00 bits per heavy atom. The summed E-state index contributed by atoms with van der Waals surface area (Å²) in [4.78, 5) is 15.7. The summed E-state index contributed by atoms with van der Waals surface area (Å²) < 4.78 is 26.2. The Kier molecular flexibility index (Phi) is 6.20. The van der Waals surface area contributed by atoms with Crippen LogP contribution in [0.1, 0.15) is 26.0 Å². The molecule has 35 heavy (non-hydrogen) atoms. The number of carbonyl (C=O) groups is 1. The van der Waals surface area contributed by atoms with Gasteiger partial charge in [-0.05, 0) is 30.7 Å². The van der Waals surface area contributed by atoms with Crippen LogP contribution in [-0.2, 0) is 11.3 Å². The maximum absolute atomic E-state index is 15.1. The fourth-order valence-electron chi connectivity index (χ4n) is 3.85. The number of fused-ring (bicyclic) bond motifs is 1. The topological polar surface area (TPSA) is 104 Å². The summed E-state index contributed by atoms with van der Waals surface area (Å²) in [6.45, 7) is 2.12. The quantitative estimate of drug-likeness (QED) is 0.347. The van der Waals surface area contributed by atoms with Gasteiger partial charge in [0.05, 0.1) is 5.52 Å². The molecule has 10 nitrogen and oxygen atoms in total. The molecule has 0 fully saturated rings. The van der Waals surface area contributed by atoms with Crippen LogP contribution < -0.4 is 10.1 Å². The molecule has 11 heteroatoms. The molecule has 5 aromatic heterocycles. The zero-order chi connectivity index (χ0) is 24.2. The van der Waals surface area contributed by atoms with Crippen molar-refractivity contribution >= 4 is 17.2 Å². The molecule has 1 N–H and O–H groups in total. The lowest BCUT2D eigenvalue weighted by atomic mass is 10.1. The number of pyridine rings is 2. The van der Waals surface area contributed by atoms with Crippen molar-refractivity contribution in [2.45, 2.75) is 32.5 Å². The molecular formula is C24H23FN8O2. The third kappa shape index (κ3) is 5.03. The molecule has 5 heterocycles. The average Bonchev–Trinajstić information content (AvgIpc) is 3.60. The highest BCUT2D eigenvalue weighted by molar-refractivity contribution is 5.90. The molecule has 0 aromatic carbocycles. The predicted octanol–water partition coefficient (Wildman–Crippen LogP) is 3.94. The second-order valence-electron chi connectivity index (χ2n) is 7.94. The van der Waals surface area contributed by atoms with Crippen molar-refractivity contribution in [3.8, 4) is 17.0 Å². The summed E-state index contributed by atoms with van der Waals surface area (Å²) in [5.41, 5.74) is 1.99. The first-order valence-corrected chi connectivity index (χ1v) is 11.1. The van der Waals surface area contributed by atoms with Gasteiger partial charge in [0.15, 0.2) is 17.9 Å². The molecule has 1 atom stereocenters. The van der Waals surface area contributed by atoms with E-state index in [1.165, 1.54) is 13.0 Å². The largest absolute Gasteiger partial charge is 0.450 e. The normalized spacial score (nSPS) is 12.1. The van der Waals surface area contributed by atoms with E-state index in [0.29, 0.717) is 29.9 Å². The lowest BCUT2D eigenvalue weighted by molar-refractivity contribution is -0.114. The number of anilines is 1. The number of carbonyl (C=O) groups excluding carboxylic acids is 1. The molecule has 0 bridgehead atoms. The van der Waals surface area contributed by atoms with Gasteiger partial charge < -0.3 is 10.1 Å². The van der Waals surface area contributed by atoms with E-state index in [0.717, 1.165) is 12.0 Å². The summed E-state index contributed by atoms with van der Waals surface area (Å²) in [5, 5.41) is 15.4. The molecule has 0 aliphatic carbocycles. The van der Waals surface area contributed by atoms with Gasteiger partial charge in [0, 0.05) is 74.3 Å². The first-order chi connectivity index (χ1) is 17.1. The van der Waals surface area contributed by atoms with Crippen LogP contribution in [0.15, 0.2) is 73.6 Å². The van der Waals surface area contributed by atoms with Crippen molar-refractivity contribution in [1.29, 1.82) is 0 Å². The van der Waals surface area contributed by atoms with Crippen LogP contribution in [0.3, 0.4) is 0 Å².